The highest BCUT2D eigenvalue weighted by Crippen LogP contribution is 2.57. The van der Waals surface area contributed by atoms with Crippen molar-refractivity contribution in [1.82, 2.24) is 0 Å². The maximum absolute atomic E-state index is 6.13. The van der Waals surface area contributed by atoms with Crippen LogP contribution in [0.25, 0.3) is 0 Å². The van der Waals surface area contributed by atoms with E-state index in [2.05, 4.69) is 55.4 Å². The van der Waals surface area contributed by atoms with Gasteiger partial charge in [0.25, 0.3) is 0 Å². The molecule has 1 saturated carbocycles. The molecule has 2 heteroatoms. The molecule has 18 heavy (non-hydrogen) atoms. The smallest absolute Gasteiger partial charge is 0.0726 e. The van der Waals surface area contributed by atoms with Gasteiger partial charge in [0.05, 0.1) is 12.2 Å². The summed E-state index contributed by atoms with van der Waals surface area (Å²) in [5.74, 6) is 1.18. The molecule has 0 amide bonds. The number of hydrogen-bond donors (Lipinski definition) is 0. The first-order valence-electron chi connectivity index (χ1n) is 7.33. The lowest BCUT2D eigenvalue weighted by molar-refractivity contribution is -0.286. The fraction of sp³-hybridized carbons (Fsp3) is 1.00. The predicted octanol–water partition coefficient (Wildman–Crippen LogP) is 4.13. The van der Waals surface area contributed by atoms with Gasteiger partial charge in [0.2, 0.25) is 0 Å². The first-order chi connectivity index (χ1) is 8.10. The summed E-state index contributed by atoms with van der Waals surface area (Å²) in [6, 6.07) is 0. The minimum absolute atomic E-state index is 0.118. The largest absolute Gasteiger partial charge is 0.377 e. The third-order valence-electron chi connectivity index (χ3n) is 3.90. The van der Waals surface area contributed by atoms with E-state index in [0.717, 1.165) is 13.2 Å². The van der Waals surface area contributed by atoms with Gasteiger partial charge < -0.3 is 9.47 Å². The molecule has 0 radical (unpaired) electrons. The van der Waals surface area contributed by atoms with E-state index in [9.17, 15) is 0 Å². The zero-order valence-electron chi connectivity index (χ0n) is 13.5. The second-order valence-electron chi connectivity index (χ2n) is 7.86. The Morgan fingerprint density at radius 2 is 1.00 bits per heavy atom. The standard InChI is InChI=1S/C16H32O2/c1-11(2)9-17-13-15(5,6)14(16(13,7)8)18-10-12(3)4/h11-14H,9-10H2,1-8H3. The van der Waals surface area contributed by atoms with Gasteiger partial charge in [-0.05, 0) is 11.8 Å². The van der Waals surface area contributed by atoms with Crippen LogP contribution in [-0.2, 0) is 9.47 Å². The first kappa shape index (κ1) is 16.0. The molecule has 0 atom stereocenters. The van der Waals surface area contributed by atoms with Crippen LogP contribution in [0.1, 0.15) is 55.4 Å². The van der Waals surface area contributed by atoms with E-state index in [1.165, 1.54) is 0 Å². The summed E-state index contributed by atoms with van der Waals surface area (Å²) in [6.45, 7) is 19.6. The molecule has 1 aliphatic carbocycles. The zero-order valence-corrected chi connectivity index (χ0v) is 13.5. The van der Waals surface area contributed by atoms with Gasteiger partial charge in [-0.2, -0.15) is 0 Å². The Bertz CT molecular complexity index is 226. The Balaban J connectivity index is 2.62. The average molecular weight is 256 g/mol. The van der Waals surface area contributed by atoms with Crippen LogP contribution in [0.3, 0.4) is 0 Å². The fourth-order valence-electron chi connectivity index (χ4n) is 3.53. The lowest BCUT2D eigenvalue weighted by Gasteiger charge is -2.63. The van der Waals surface area contributed by atoms with Crippen molar-refractivity contribution in [3.05, 3.63) is 0 Å². The molecule has 0 saturated heterocycles. The molecule has 0 unspecified atom stereocenters. The molecular formula is C16H32O2. The van der Waals surface area contributed by atoms with E-state index < -0.39 is 0 Å². The van der Waals surface area contributed by atoms with E-state index in [0.29, 0.717) is 24.0 Å². The zero-order chi connectivity index (χ0) is 14.1. The molecule has 0 spiro atoms. The fourth-order valence-corrected chi connectivity index (χ4v) is 3.53. The monoisotopic (exact) mass is 256 g/mol. The number of hydrogen-bond acceptors (Lipinski definition) is 2. The molecule has 108 valence electrons. The van der Waals surface area contributed by atoms with E-state index in [1.54, 1.807) is 0 Å². The summed E-state index contributed by atoms with van der Waals surface area (Å²) in [5.41, 5.74) is 0.237. The molecule has 0 heterocycles. The Kier molecular flexibility index (Phi) is 4.88. The number of ether oxygens (including phenoxy) is 2. The van der Waals surface area contributed by atoms with Gasteiger partial charge in [-0.3, -0.25) is 0 Å². The van der Waals surface area contributed by atoms with Crippen molar-refractivity contribution in [2.45, 2.75) is 67.6 Å². The topological polar surface area (TPSA) is 18.5 Å². The summed E-state index contributed by atoms with van der Waals surface area (Å²) < 4.78 is 12.3. The Labute approximate surface area is 113 Å². The van der Waals surface area contributed by atoms with Crippen LogP contribution < -0.4 is 0 Å². The highest BCUT2D eigenvalue weighted by Gasteiger charge is 2.63. The van der Waals surface area contributed by atoms with Gasteiger partial charge in [0, 0.05) is 24.0 Å². The normalized spacial score (nSPS) is 29.7. The van der Waals surface area contributed by atoms with Crippen molar-refractivity contribution in [3.63, 3.8) is 0 Å². The van der Waals surface area contributed by atoms with Gasteiger partial charge in [0.15, 0.2) is 0 Å². The molecule has 1 fully saturated rings. The predicted molar refractivity (Wildman–Crippen MR) is 76.7 cm³/mol. The Morgan fingerprint density at radius 1 is 0.722 bits per heavy atom. The van der Waals surface area contributed by atoms with E-state index in [1.807, 2.05) is 0 Å². The lowest BCUT2D eigenvalue weighted by atomic mass is 9.51. The summed E-state index contributed by atoms with van der Waals surface area (Å²) in [4.78, 5) is 0. The van der Waals surface area contributed by atoms with E-state index >= 15 is 0 Å². The van der Waals surface area contributed by atoms with Crippen LogP contribution in [0.4, 0.5) is 0 Å². The summed E-state index contributed by atoms with van der Waals surface area (Å²) in [6.07, 6.45) is 0.592. The molecule has 1 rings (SSSR count). The first-order valence-corrected chi connectivity index (χ1v) is 7.33. The van der Waals surface area contributed by atoms with Crippen molar-refractivity contribution in [1.29, 1.82) is 0 Å². The highest BCUT2D eigenvalue weighted by molar-refractivity contribution is 5.12. The molecule has 0 N–H and O–H groups in total. The molecule has 1 aliphatic rings. The van der Waals surface area contributed by atoms with Crippen LogP contribution in [0, 0.1) is 22.7 Å². The van der Waals surface area contributed by atoms with Gasteiger partial charge in [-0.15, -0.1) is 0 Å². The van der Waals surface area contributed by atoms with Crippen LogP contribution in [0.2, 0.25) is 0 Å². The molecular weight excluding hydrogens is 224 g/mol. The average Bonchev–Trinajstić information content (AvgIpc) is 2.14. The Hall–Kier alpha value is -0.0800. The van der Waals surface area contributed by atoms with Crippen molar-refractivity contribution in [3.8, 4) is 0 Å². The maximum atomic E-state index is 6.13. The molecule has 0 aliphatic heterocycles. The third kappa shape index (κ3) is 3.08. The Morgan fingerprint density at radius 3 is 1.22 bits per heavy atom. The molecule has 0 aromatic carbocycles. The second-order valence-corrected chi connectivity index (χ2v) is 7.86. The minimum Gasteiger partial charge on any atom is -0.377 e. The molecule has 0 aromatic heterocycles. The minimum atomic E-state index is 0.118. The summed E-state index contributed by atoms with van der Waals surface area (Å²) >= 11 is 0. The SMILES string of the molecule is CC(C)COC1C(C)(C)C(OCC(C)C)C1(C)C. The highest BCUT2D eigenvalue weighted by atomic mass is 16.5. The van der Waals surface area contributed by atoms with Crippen LogP contribution in [0.5, 0.6) is 0 Å². The van der Waals surface area contributed by atoms with Gasteiger partial charge >= 0.3 is 0 Å². The van der Waals surface area contributed by atoms with Crippen molar-refractivity contribution < 1.29 is 9.47 Å². The van der Waals surface area contributed by atoms with E-state index in [4.69, 9.17) is 9.47 Å². The van der Waals surface area contributed by atoms with Crippen LogP contribution >= 0.6 is 0 Å². The molecule has 0 aromatic rings. The van der Waals surface area contributed by atoms with Gasteiger partial charge in [-0.25, -0.2) is 0 Å². The lowest BCUT2D eigenvalue weighted by Crippen LogP contribution is -2.69. The summed E-state index contributed by atoms with van der Waals surface area (Å²) in [5, 5.41) is 0. The molecule has 0 bridgehead atoms. The number of rotatable bonds is 6. The second kappa shape index (κ2) is 5.50. The molecule has 2 nitrogen and oxygen atoms in total. The van der Waals surface area contributed by atoms with Gasteiger partial charge in [-0.1, -0.05) is 55.4 Å². The quantitative estimate of drug-likeness (QED) is 0.711. The van der Waals surface area contributed by atoms with Crippen molar-refractivity contribution >= 4 is 0 Å². The maximum Gasteiger partial charge on any atom is 0.0726 e. The summed E-state index contributed by atoms with van der Waals surface area (Å²) in [7, 11) is 0. The van der Waals surface area contributed by atoms with Gasteiger partial charge in [0.1, 0.15) is 0 Å². The third-order valence-corrected chi connectivity index (χ3v) is 3.90. The van der Waals surface area contributed by atoms with Crippen LogP contribution in [0.15, 0.2) is 0 Å². The van der Waals surface area contributed by atoms with Crippen LogP contribution in [-0.4, -0.2) is 25.4 Å². The van der Waals surface area contributed by atoms with E-state index in [-0.39, 0.29) is 10.8 Å². The van der Waals surface area contributed by atoms with Crippen molar-refractivity contribution in [2.75, 3.05) is 13.2 Å². The van der Waals surface area contributed by atoms with Crippen molar-refractivity contribution in [2.24, 2.45) is 22.7 Å².